The van der Waals surface area contributed by atoms with Crippen LogP contribution in [0.1, 0.15) is 29.8 Å². The van der Waals surface area contributed by atoms with E-state index in [0.29, 0.717) is 27.8 Å². The molecule has 1 heterocycles. The van der Waals surface area contributed by atoms with Gasteiger partial charge >= 0.3 is 6.03 Å². The molecule has 0 aliphatic carbocycles. The number of amides is 3. The fraction of sp³-hybridized carbons (Fsp3) is 0.136. The predicted molar refractivity (Wildman–Crippen MR) is 119 cm³/mol. The molecule has 7 nitrogen and oxygen atoms in total. The second-order valence-electron chi connectivity index (χ2n) is 6.85. The molecular weight excluding hydrogens is 421 g/mol. The minimum atomic E-state index is -0.643. The average Bonchev–Trinajstić information content (AvgIpc) is 3.00. The third kappa shape index (κ3) is 5.49. The second-order valence-corrected chi connectivity index (χ2v) is 7.21. The number of rotatable bonds is 6. The van der Waals surface area contributed by atoms with Crippen LogP contribution in [0.4, 0.5) is 14.9 Å². The molecule has 3 rings (SSSR count). The third-order valence-corrected chi connectivity index (χ3v) is 4.92. The molecular formula is C22H21ClFN5O2. The van der Waals surface area contributed by atoms with Crippen molar-refractivity contribution in [3.8, 4) is 5.69 Å². The number of hydrogen-bond acceptors (Lipinski definition) is 3. The molecule has 0 spiro atoms. The molecule has 3 amide bonds. The second kappa shape index (κ2) is 9.44. The van der Waals surface area contributed by atoms with Gasteiger partial charge in [0.1, 0.15) is 11.0 Å². The number of anilines is 1. The number of aromatic nitrogens is 2. The first kappa shape index (κ1) is 22.0. The monoisotopic (exact) mass is 441 g/mol. The molecule has 0 saturated heterocycles. The molecule has 0 fully saturated rings. The number of urea groups is 1. The van der Waals surface area contributed by atoms with Gasteiger partial charge in [-0.05, 0) is 61.9 Å². The summed E-state index contributed by atoms with van der Waals surface area (Å²) in [6.07, 6.45) is 2.97. The van der Waals surface area contributed by atoms with Gasteiger partial charge in [0.15, 0.2) is 0 Å². The van der Waals surface area contributed by atoms with E-state index in [4.69, 9.17) is 17.3 Å². The first-order valence-electron chi connectivity index (χ1n) is 9.40. The minimum Gasteiger partial charge on any atom is -0.351 e. The van der Waals surface area contributed by atoms with Crippen LogP contribution in [0, 0.1) is 12.7 Å². The lowest BCUT2D eigenvalue weighted by Gasteiger charge is -2.13. The van der Waals surface area contributed by atoms with Crippen molar-refractivity contribution in [2.75, 3.05) is 5.32 Å². The predicted octanol–water partition coefficient (Wildman–Crippen LogP) is 4.35. The summed E-state index contributed by atoms with van der Waals surface area (Å²) in [6, 6.07) is 11.8. The molecule has 0 bridgehead atoms. The summed E-state index contributed by atoms with van der Waals surface area (Å²) in [5.41, 5.74) is 8.34. The van der Waals surface area contributed by atoms with Crippen molar-refractivity contribution in [1.82, 2.24) is 15.1 Å². The lowest BCUT2D eigenvalue weighted by molar-refractivity contribution is -0.117. The summed E-state index contributed by atoms with van der Waals surface area (Å²) in [5, 5.41) is 10.0. The summed E-state index contributed by atoms with van der Waals surface area (Å²) >= 11 is 6.42. The number of halogens is 2. The first-order chi connectivity index (χ1) is 14.7. The van der Waals surface area contributed by atoms with Crippen molar-refractivity contribution >= 4 is 35.3 Å². The molecule has 1 unspecified atom stereocenters. The van der Waals surface area contributed by atoms with Crippen LogP contribution in [0.3, 0.4) is 0 Å². The van der Waals surface area contributed by atoms with E-state index in [9.17, 15) is 14.0 Å². The highest BCUT2D eigenvalue weighted by Crippen LogP contribution is 2.25. The number of carbonyl (C=O) groups excluding carboxylic acids is 2. The molecule has 0 radical (unpaired) electrons. The molecule has 9 heteroatoms. The fourth-order valence-electron chi connectivity index (χ4n) is 2.96. The SMILES string of the molecule is Cc1nn(-c2ccc(F)cc2)c(Cl)c1/C=C/C(=O)NC(C)c1ccc(NC(N)=O)cc1. The molecule has 0 aliphatic rings. The summed E-state index contributed by atoms with van der Waals surface area (Å²) < 4.78 is 14.6. The Morgan fingerprint density at radius 3 is 2.42 bits per heavy atom. The fourth-order valence-corrected chi connectivity index (χ4v) is 3.29. The Labute approximate surface area is 183 Å². The Bertz CT molecular complexity index is 1120. The van der Waals surface area contributed by atoms with E-state index in [1.807, 2.05) is 6.92 Å². The van der Waals surface area contributed by atoms with E-state index in [1.54, 1.807) is 49.4 Å². The highest BCUT2D eigenvalue weighted by atomic mass is 35.5. The van der Waals surface area contributed by atoms with E-state index < -0.39 is 6.03 Å². The lowest BCUT2D eigenvalue weighted by atomic mass is 10.1. The van der Waals surface area contributed by atoms with E-state index in [0.717, 1.165) is 5.56 Å². The summed E-state index contributed by atoms with van der Waals surface area (Å²) in [5.74, 6) is -0.662. The van der Waals surface area contributed by atoms with Gasteiger partial charge in [-0.1, -0.05) is 23.7 Å². The number of primary amides is 1. The van der Waals surface area contributed by atoms with Crippen LogP contribution in [-0.2, 0) is 4.79 Å². The number of carbonyl (C=O) groups is 2. The number of aryl methyl sites for hydroxylation is 1. The van der Waals surface area contributed by atoms with E-state index in [2.05, 4.69) is 15.7 Å². The molecule has 31 heavy (non-hydrogen) atoms. The van der Waals surface area contributed by atoms with Gasteiger partial charge < -0.3 is 16.4 Å². The van der Waals surface area contributed by atoms with Crippen LogP contribution in [0.5, 0.6) is 0 Å². The van der Waals surface area contributed by atoms with Crippen LogP contribution in [0.2, 0.25) is 5.15 Å². The quantitative estimate of drug-likeness (QED) is 0.495. The largest absolute Gasteiger partial charge is 0.351 e. The summed E-state index contributed by atoms with van der Waals surface area (Å²) in [4.78, 5) is 23.2. The Balaban J connectivity index is 1.68. The van der Waals surface area contributed by atoms with E-state index in [-0.39, 0.29) is 17.8 Å². The molecule has 1 aromatic heterocycles. The van der Waals surface area contributed by atoms with Gasteiger partial charge in [0, 0.05) is 17.3 Å². The van der Waals surface area contributed by atoms with Gasteiger partial charge in [0.2, 0.25) is 5.91 Å². The maximum atomic E-state index is 13.2. The van der Waals surface area contributed by atoms with Gasteiger partial charge in [0.25, 0.3) is 0 Å². The third-order valence-electron chi connectivity index (χ3n) is 4.56. The zero-order valence-electron chi connectivity index (χ0n) is 16.9. The first-order valence-corrected chi connectivity index (χ1v) is 9.78. The maximum absolute atomic E-state index is 13.2. The van der Waals surface area contributed by atoms with Crippen molar-refractivity contribution < 1.29 is 14.0 Å². The van der Waals surface area contributed by atoms with Crippen LogP contribution >= 0.6 is 11.6 Å². The Morgan fingerprint density at radius 2 is 1.81 bits per heavy atom. The van der Waals surface area contributed by atoms with Crippen molar-refractivity contribution in [2.24, 2.45) is 5.73 Å². The molecule has 3 aromatic rings. The molecule has 2 aromatic carbocycles. The van der Waals surface area contributed by atoms with Crippen LogP contribution < -0.4 is 16.4 Å². The van der Waals surface area contributed by atoms with Gasteiger partial charge in [-0.2, -0.15) is 5.10 Å². The minimum absolute atomic E-state index is 0.265. The molecule has 160 valence electrons. The number of benzene rings is 2. The van der Waals surface area contributed by atoms with E-state index >= 15 is 0 Å². The lowest BCUT2D eigenvalue weighted by Crippen LogP contribution is -2.24. The van der Waals surface area contributed by atoms with Crippen molar-refractivity contribution in [2.45, 2.75) is 19.9 Å². The van der Waals surface area contributed by atoms with Crippen LogP contribution in [0.15, 0.2) is 54.6 Å². The van der Waals surface area contributed by atoms with E-state index in [1.165, 1.54) is 22.9 Å². The highest BCUT2D eigenvalue weighted by molar-refractivity contribution is 6.31. The van der Waals surface area contributed by atoms with Gasteiger partial charge in [-0.15, -0.1) is 0 Å². The molecule has 4 N–H and O–H groups in total. The Kier molecular flexibility index (Phi) is 6.71. The standard InChI is InChI=1S/C22H21ClFN5O2/c1-13(15-3-7-17(8-4-15)27-22(25)31)26-20(30)12-11-19-14(2)28-29(21(19)23)18-9-5-16(24)6-10-18/h3-13H,1-2H3,(H,26,30)(H3,25,27,31)/b12-11+. The normalized spacial score (nSPS) is 12.0. The van der Waals surface area contributed by atoms with Gasteiger partial charge in [-0.3, -0.25) is 4.79 Å². The Morgan fingerprint density at radius 1 is 1.16 bits per heavy atom. The zero-order chi connectivity index (χ0) is 22.5. The number of nitrogens with two attached hydrogens (primary N) is 1. The van der Waals surface area contributed by atoms with Gasteiger partial charge in [0.05, 0.1) is 17.4 Å². The average molecular weight is 442 g/mol. The maximum Gasteiger partial charge on any atom is 0.316 e. The van der Waals surface area contributed by atoms with Crippen molar-refractivity contribution in [3.63, 3.8) is 0 Å². The van der Waals surface area contributed by atoms with Crippen LogP contribution in [0.25, 0.3) is 11.8 Å². The van der Waals surface area contributed by atoms with Crippen molar-refractivity contribution in [1.29, 1.82) is 0 Å². The Hall–Kier alpha value is -3.65. The van der Waals surface area contributed by atoms with Gasteiger partial charge in [-0.25, -0.2) is 13.9 Å². The topological polar surface area (TPSA) is 102 Å². The summed E-state index contributed by atoms with van der Waals surface area (Å²) in [7, 11) is 0. The van der Waals surface area contributed by atoms with Crippen molar-refractivity contribution in [3.05, 3.63) is 82.4 Å². The smallest absolute Gasteiger partial charge is 0.316 e. The highest BCUT2D eigenvalue weighted by Gasteiger charge is 2.14. The summed E-state index contributed by atoms with van der Waals surface area (Å²) in [6.45, 7) is 3.61. The zero-order valence-corrected chi connectivity index (χ0v) is 17.7. The molecule has 1 atom stereocenters. The molecule has 0 aliphatic heterocycles. The van der Waals surface area contributed by atoms with Crippen LogP contribution in [-0.4, -0.2) is 21.7 Å². The number of nitrogens with zero attached hydrogens (tertiary/aromatic N) is 2. The molecule has 0 saturated carbocycles. The number of nitrogens with one attached hydrogen (secondary N) is 2. The number of hydrogen-bond donors (Lipinski definition) is 3.